The molecular weight excluding hydrogens is 416 g/mol. The molecule has 1 aromatic carbocycles. The Morgan fingerprint density at radius 1 is 1.12 bits per heavy atom. The van der Waals surface area contributed by atoms with Gasteiger partial charge >= 0.3 is 5.97 Å². The Balaban J connectivity index is 1.62. The van der Waals surface area contributed by atoms with Gasteiger partial charge in [-0.15, -0.1) is 0 Å². The number of nitrogens with one attached hydrogen (secondary N) is 1. The van der Waals surface area contributed by atoms with Crippen molar-refractivity contribution in [1.82, 2.24) is 9.80 Å². The molecule has 1 N–H and O–H groups in total. The van der Waals surface area contributed by atoms with Crippen molar-refractivity contribution in [2.75, 3.05) is 63.6 Å². The van der Waals surface area contributed by atoms with Crippen molar-refractivity contribution in [2.24, 2.45) is 5.92 Å². The maximum Gasteiger partial charge on any atom is 0.320 e. The lowest BCUT2D eigenvalue weighted by molar-refractivity contribution is -0.156. The Kier molecular flexibility index (Phi) is 8.76. The van der Waals surface area contributed by atoms with Gasteiger partial charge in [-0.1, -0.05) is 6.07 Å². The Morgan fingerprint density at radius 3 is 2.36 bits per heavy atom. The van der Waals surface area contributed by atoms with Gasteiger partial charge in [0, 0.05) is 19.6 Å². The molecular formula is C26H42N4O3. The summed E-state index contributed by atoms with van der Waals surface area (Å²) >= 11 is 0. The standard InChI is InChI=1S/C26H42N4O3/c1-26(2,3)33-25(32)18-29-12-10-21(11-13-29)22-6-7-23(27-19-31)24(16-22)30-14-8-20(9-15-30)17-28(4)5/h6-7,16,19-21H,8-15,17-18H2,1-5H3,(H,27,31). The lowest BCUT2D eigenvalue weighted by Gasteiger charge is -2.36. The summed E-state index contributed by atoms with van der Waals surface area (Å²) in [7, 11) is 4.28. The molecule has 0 saturated carbocycles. The van der Waals surface area contributed by atoms with Gasteiger partial charge in [0.1, 0.15) is 5.60 Å². The minimum Gasteiger partial charge on any atom is -0.459 e. The van der Waals surface area contributed by atoms with Gasteiger partial charge in [0.2, 0.25) is 6.41 Å². The van der Waals surface area contributed by atoms with Crippen LogP contribution in [0.25, 0.3) is 0 Å². The van der Waals surface area contributed by atoms with Crippen molar-refractivity contribution in [2.45, 2.75) is 58.0 Å². The van der Waals surface area contributed by atoms with E-state index >= 15 is 0 Å². The summed E-state index contributed by atoms with van der Waals surface area (Å²) in [6.07, 6.45) is 5.16. The van der Waals surface area contributed by atoms with Crippen LogP contribution < -0.4 is 10.2 Å². The van der Waals surface area contributed by atoms with Crippen molar-refractivity contribution in [1.29, 1.82) is 0 Å². The maximum absolute atomic E-state index is 12.2. The second-order valence-electron chi connectivity index (χ2n) is 10.9. The van der Waals surface area contributed by atoms with Crippen LogP contribution in [-0.4, -0.2) is 81.1 Å². The molecule has 2 aliphatic heterocycles. The minimum atomic E-state index is -0.440. The van der Waals surface area contributed by atoms with Crippen LogP contribution in [0.1, 0.15) is 57.9 Å². The number of benzene rings is 1. The highest BCUT2D eigenvalue weighted by Crippen LogP contribution is 2.36. The fourth-order valence-electron chi connectivity index (χ4n) is 5.10. The lowest BCUT2D eigenvalue weighted by Crippen LogP contribution is -2.39. The van der Waals surface area contributed by atoms with E-state index in [0.29, 0.717) is 12.5 Å². The molecule has 0 unspecified atom stereocenters. The van der Waals surface area contributed by atoms with E-state index in [-0.39, 0.29) is 5.97 Å². The number of piperidine rings is 2. The van der Waals surface area contributed by atoms with Gasteiger partial charge in [0.25, 0.3) is 0 Å². The molecule has 3 rings (SSSR count). The van der Waals surface area contributed by atoms with E-state index in [2.05, 4.69) is 52.3 Å². The van der Waals surface area contributed by atoms with Crippen LogP contribution in [0.15, 0.2) is 18.2 Å². The maximum atomic E-state index is 12.2. The first kappa shape index (κ1) is 25.5. The number of anilines is 2. The predicted octanol–water partition coefficient (Wildman–Crippen LogP) is 3.55. The second kappa shape index (κ2) is 11.3. The van der Waals surface area contributed by atoms with Crippen molar-refractivity contribution in [3.8, 4) is 0 Å². The molecule has 2 heterocycles. The van der Waals surface area contributed by atoms with Gasteiger partial charge in [0.05, 0.1) is 17.9 Å². The average Bonchev–Trinajstić information content (AvgIpc) is 2.74. The third-order valence-corrected chi connectivity index (χ3v) is 6.65. The first-order valence-corrected chi connectivity index (χ1v) is 12.3. The first-order valence-electron chi connectivity index (χ1n) is 12.3. The molecule has 0 aliphatic carbocycles. The fraction of sp³-hybridized carbons (Fsp3) is 0.692. The van der Waals surface area contributed by atoms with Crippen LogP contribution in [0.2, 0.25) is 0 Å². The predicted molar refractivity (Wildman–Crippen MR) is 134 cm³/mol. The number of rotatable bonds is 8. The van der Waals surface area contributed by atoms with E-state index in [1.54, 1.807) is 0 Å². The van der Waals surface area contributed by atoms with Crippen LogP contribution in [-0.2, 0) is 14.3 Å². The van der Waals surface area contributed by atoms with E-state index in [0.717, 1.165) is 69.3 Å². The highest BCUT2D eigenvalue weighted by atomic mass is 16.6. The Morgan fingerprint density at radius 2 is 1.79 bits per heavy atom. The van der Waals surface area contributed by atoms with Crippen LogP contribution >= 0.6 is 0 Å². The molecule has 2 saturated heterocycles. The molecule has 184 valence electrons. The van der Waals surface area contributed by atoms with E-state index in [9.17, 15) is 9.59 Å². The van der Waals surface area contributed by atoms with Crippen molar-refractivity contribution >= 4 is 23.8 Å². The summed E-state index contributed by atoms with van der Waals surface area (Å²) in [6, 6.07) is 6.49. The smallest absolute Gasteiger partial charge is 0.320 e. The summed E-state index contributed by atoms with van der Waals surface area (Å²) in [4.78, 5) is 30.3. The molecule has 1 aromatic rings. The number of carbonyl (C=O) groups excluding carboxylic acids is 2. The Bertz CT molecular complexity index is 789. The zero-order valence-corrected chi connectivity index (χ0v) is 21.1. The molecule has 7 heteroatoms. The van der Waals surface area contributed by atoms with Gasteiger partial charge in [-0.05, 0) is 103 Å². The molecule has 7 nitrogen and oxygen atoms in total. The van der Waals surface area contributed by atoms with Gasteiger partial charge in [-0.2, -0.15) is 0 Å². The third kappa shape index (κ3) is 7.71. The molecule has 33 heavy (non-hydrogen) atoms. The number of amides is 1. The molecule has 0 spiro atoms. The molecule has 2 aliphatic rings. The van der Waals surface area contributed by atoms with Crippen LogP contribution in [0, 0.1) is 5.92 Å². The first-order chi connectivity index (χ1) is 15.6. The summed E-state index contributed by atoms with van der Waals surface area (Å²) in [5.41, 5.74) is 2.92. The molecule has 2 fully saturated rings. The molecule has 0 atom stereocenters. The summed E-state index contributed by atoms with van der Waals surface area (Å²) in [6.45, 7) is 11.0. The monoisotopic (exact) mass is 458 g/mol. The number of esters is 1. The quantitative estimate of drug-likeness (QED) is 0.475. The fourth-order valence-corrected chi connectivity index (χ4v) is 5.10. The summed E-state index contributed by atoms with van der Waals surface area (Å²) < 4.78 is 5.48. The highest BCUT2D eigenvalue weighted by molar-refractivity contribution is 5.82. The van der Waals surface area contributed by atoms with Gasteiger partial charge in [-0.25, -0.2) is 0 Å². The topological polar surface area (TPSA) is 65.1 Å². The second-order valence-corrected chi connectivity index (χ2v) is 10.9. The van der Waals surface area contributed by atoms with Crippen molar-refractivity contribution in [3.05, 3.63) is 23.8 Å². The third-order valence-electron chi connectivity index (χ3n) is 6.65. The summed E-state index contributed by atoms with van der Waals surface area (Å²) in [5, 5.41) is 2.90. The molecule has 0 radical (unpaired) electrons. The summed E-state index contributed by atoms with van der Waals surface area (Å²) in [5.74, 6) is 1.05. The number of ether oxygens (including phenoxy) is 1. The van der Waals surface area contributed by atoms with Gasteiger partial charge in [0.15, 0.2) is 0 Å². The van der Waals surface area contributed by atoms with Crippen LogP contribution in [0.4, 0.5) is 11.4 Å². The number of hydrogen-bond acceptors (Lipinski definition) is 6. The van der Waals surface area contributed by atoms with E-state index in [4.69, 9.17) is 4.74 Å². The lowest BCUT2D eigenvalue weighted by atomic mass is 9.88. The van der Waals surface area contributed by atoms with Crippen molar-refractivity contribution < 1.29 is 14.3 Å². The number of hydrogen-bond donors (Lipinski definition) is 1. The van der Waals surface area contributed by atoms with Crippen LogP contribution in [0.5, 0.6) is 0 Å². The van der Waals surface area contributed by atoms with Gasteiger partial charge < -0.3 is 19.9 Å². The normalized spacial score (nSPS) is 19.0. The molecule has 1 amide bonds. The highest BCUT2D eigenvalue weighted by Gasteiger charge is 2.26. The Labute approximate surface area is 199 Å². The zero-order valence-electron chi connectivity index (χ0n) is 21.1. The van der Waals surface area contributed by atoms with E-state index in [1.807, 2.05) is 20.8 Å². The van der Waals surface area contributed by atoms with E-state index in [1.165, 1.54) is 18.4 Å². The van der Waals surface area contributed by atoms with Crippen LogP contribution in [0.3, 0.4) is 0 Å². The number of carbonyl (C=O) groups is 2. The average molecular weight is 459 g/mol. The number of likely N-dealkylation sites (tertiary alicyclic amines) is 1. The minimum absolute atomic E-state index is 0.148. The molecule has 0 bridgehead atoms. The Hall–Kier alpha value is -2.12. The van der Waals surface area contributed by atoms with Crippen molar-refractivity contribution in [3.63, 3.8) is 0 Å². The molecule has 0 aromatic heterocycles. The largest absolute Gasteiger partial charge is 0.459 e. The SMILES string of the molecule is CN(C)CC1CCN(c2cc(C3CCN(CC(=O)OC(C)(C)C)CC3)ccc2NC=O)CC1. The zero-order chi connectivity index (χ0) is 24.0. The van der Waals surface area contributed by atoms with Gasteiger partial charge in [-0.3, -0.25) is 14.5 Å². The van der Waals surface area contributed by atoms with E-state index < -0.39 is 5.60 Å². The number of nitrogens with zero attached hydrogens (tertiary/aromatic N) is 3.